The van der Waals surface area contributed by atoms with Gasteiger partial charge in [0.2, 0.25) is 5.13 Å². The number of nitrogens with one attached hydrogen (secondary N) is 1. The van der Waals surface area contributed by atoms with Crippen LogP contribution in [0.25, 0.3) is 0 Å². The fraction of sp³-hybridized carbons (Fsp3) is 0.133. The second-order valence-corrected chi connectivity index (χ2v) is 6.69. The Labute approximate surface area is 144 Å². The van der Waals surface area contributed by atoms with Crippen molar-refractivity contribution in [2.75, 3.05) is 5.32 Å². The van der Waals surface area contributed by atoms with Gasteiger partial charge in [-0.2, -0.15) is 0 Å². The molecule has 0 unspecified atom stereocenters. The third kappa shape index (κ3) is 4.17. The summed E-state index contributed by atoms with van der Waals surface area (Å²) in [5, 5.41) is 11.5. The predicted octanol–water partition coefficient (Wildman–Crippen LogP) is 4.03. The van der Waals surface area contributed by atoms with E-state index in [4.69, 9.17) is 9.15 Å². The molecule has 8 heteroatoms. The van der Waals surface area contributed by atoms with E-state index in [1.165, 1.54) is 11.3 Å². The molecule has 3 aromatic rings. The number of aryl methyl sites for hydroxylation is 1. The lowest BCUT2D eigenvalue weighted by Gasteiger charge is -2.04. The molecule has 6 nitrogen and oxygen atoms in total. The number of aromatic nitrogens is 2. The maximum atomic E-state index is 12.0. The van der Waals surface area contributed by atoms with Crippen molar-refractivity contribution in [3.05, 3.63) is 57.4 Å². The smallest absolute Gasteiger partial charge is 0.293 e. The largest absolute Gasteiger partial charge is 0.486 e. The highest BCUT2D eigenvalue weighted by molar-refractivity contribution is 9.10. The number of carbonyl (C=O) groups is 1. The molecule has 0 fully saturated rings. The zero-order valence-electron chi connectivity index (χ0n) is 12.1. The molecule has 0 aliphatic rings. The number of anilines is 1. The van der Waals surface area contributed by atoms with Gasteiger partial charge in [0.05, 0.1) is 0 Å². The van der Waals surface area contributed by atoms with Gasteiger partial charge in [-0.3, -0.25) is 10.1 Å². The van der Waals surface area contributed by atoms with Crippen molar-refractivity contribution in [2.45, 2.75) is 13.5 Å². The van der Waals surface area contributed by atoms with Crippen LogP contribution in [-0.4, -0.2) is 16.1 Å². The van der Waals surface area contributed by atoms with Gasteiger partial charge in [-0.05, 0) is 37.3 Å². The van der Waals surface area contributed by atoms with Crippen LogP contribution in [-0.2, 0) is 6.61 Å². The second kappa shape index (κ2) is 6.93. The van der Waals surface area contributed by atoms with Gasteiger partial charge in [0.25, 0.3) is 5.91 Å². The van der Waals surface area contributed by atoms with Crippen LogP contribution in [0.1, 0.15) is 21.3 Å². The number of ether oxygens (including phenoxy) is 1. The number of hydrogen-bond acceptors (Lipinski definition) is 6. The van der Waals surface area contributed by atoms with E-state index in [0.717, 1.165) is 9.48 Å². The maximum Gasteiger partial charge on any atom is 0.293 e. The van der Waals surface area contributed by atoms with E-state index in [0.29, 0.717) is 16.6 Å². The zero-order valence-corrected chi connectivity index (χ0v) is 14.5. The third-order valence-corrected chi connectivity index (χ3v) is 4.06. The molecule has 2 heterocycles. The Morgan fingerprint density at radius 2 is 2.22 bits per heavy atom. The standard InChI is InChI=1S/C15H12BrN3O3S/c1-9-18-19-15(23-9)17-14(20)13-6-5-12(22-13)8-21-11-4-2-3-10(16)7-11/h2-7H,8H2,1H3,(H,17,19,20). The van der Waals surface area contributed by atoms with Crippen LogP contribution in [0.2, 0.25) is 0 Å². The molecule has 0 saturated heterocycles. The van der Waals surface area contributed by atoms with Crippen molar-refractivity contribution in [3.8, 4) is 5.75 Å². The van der Waals surface area contributed by atoms with Crippen LogP contribution < -0.4 is 10.1 Å². The Morgan fingerprint density at radius 1 is 1.35 bits per heavy atom. The highest BCUT2D eigenvalue weighted by atomic mass is 79.9. The van der Waals surface area contributed by atoms with E-state index in [9.17, 15) is 4.79 Å². The fourth-order valence-corrected chi connectivity index (χ4v) is 2.76. The number of carbonyl (C=O) groups excluding carboxylic acids is 1. The molecule has 23 heavy (non-hydrogen) atoms. The van der Waals surface area contributed by atoms with Crippen LogP contribution in [0, 0.1) is 6.92 Å². The fourth-order valence-electron chi connectivity index (χ4n) is 1.79. The zero-order chi connectivity index (χ0) is 16.2. The second-order valence-electron chi connectivity index (χ2n) is 4.59. The van der Waals surface area contributed by atoms with E-state index in [1.54, 1.807) is 12.1 Å². The molecule has 0 bridgehead atoms. The molecule has 118 valence electrons. The first-order valence-electron chi connectivity index (χ1n) is 6.69. The first kappa shape index (κ1) is 15.7. The van der Waals surface area contributed by atoms with E-state index in [-0.39, 0.29) is 18.3 Å². The van der Waals surface area contributed by atoms with Gasteiger partial charge in [-0.15, -0.1) is 10.2 Å². The Morgan fingerprint density at radius 3 is 2.96 bits per heavy atom. The maximum absolute atomic E-state index is 12.0. The van der Waals surface area contributed by atoms with Gasteiger partial charge < -0.3 is 9.15 Å². The van der Waals surface area contributed by atoms with Crippen molar-refractivity contribution in [1.29, 1.82) is 0 Å². The summed E-state index contributed by atoms with van der Waals surface area (Å²) >= 11 is 4.68. The van der Waals surface area contributed by atoms with Gasteiger partial charge in [0.1, 0.15) is 23.1 Å². The molecule has 0 aliphatic heterocycles. The number of benzene rings is 1. The number of nitrogens with zero attached hydrogens (tertiary/aromatic N) is 2. The first-order chi connectivity index (χ1) is 11.1. The van der Waals surface area contributed by atoms with Gasteiger partial charge in [0.15, 0.2) is 5.76 Å². The molecule has 2 aromatic heterocycles. The number of hydrogen-bond donors (Lipinski definition) is 1. The summed E-state index contributed by atoms with van der Waals surface area (Å²) in [7, 11) is 0. The number of furan rings is 1. The van der Waals surface area contributed by atoms with Crippen molar-refractivity contribution in [3.63, 3.8) is 0 Å². The van der Waals surface area contributed by atoms with Crippen LogP contribution >= 0.6 is 27.3 Å². The molecule has 0 radical (unpaired) electrons. The van der Waals surface area contributed by atoms with E-state index < -0.39 is 0 Å². The minimum Gasteiger partial charge on any atom is -0.486 e. The molecule has 1 N–H and O–H groups in total. The third-order valence-electron chi connectivity index (χ3n) is 2.81. The van der Waals surface area contributed by atoms with Crippen LogP contribution in [0.4, 0.5) is 5.13 Å². The summed E-state index contributed by atoms with van der Waals surface area (Å²) in [5.41, 5.74) is 0. The van der Waals surface area contributed by atoms with Crippen molar-refractivity contribution < 1.29 is 13.9 Å². The van der Waals surface area contributed by atoms with Gasteiger partial charge in [-0.25, -0.2) is 0 Å². The monoisotopic (exact) mass is 393 g/mol. The van der Waals surface area contributed by atoms with Crippen LogP contribution in [0.5, 0.6) is 5.75 Å². The summed E-state index contributed by atoms with van der Waals surface area (Å²) < 4.78 is 12.0. The molecule has 0 saturated carbocycles. The summed E-state index contributed by atoms with van der Waals surface area (Å²) in [6.45, 7) is 2.05. The van der Waals surface area contributed by atoms with Gasteiger partial charge in [0, 0.05) is 4.47 Å². The SMILES string of the molecule is Cc1nnc(NC(=O)c2ccc(COc3cccc(Br)c3)o2)s1. The molecule has 0 aliphatic carbocycles. The lowest BCUT2D eigenvalue weighted by molar-refractivity contribution is 0.0992. The first-order valence-corrected chi connectivity index (χ1v) is 8.29. The lowest BCUT2D eigenvalue weighted by Crippen LogP contribution is -2.10. The topological polar surface area (TPSA) is 77.2 Å². The average molecular weight is 394 g/mol. The van der Waals surface area contributed by atoms with Crippen molar-refractivity contribution in [1.82, 2.24) is 10.2 Å². The van der Waals surface area contributed by atoms with Gasteiger partial charge >= 0.3 is 0 Å². The Hall–Kier alpha value is -2.19. The molecule has 0 atom stereocenters. The Balaban J connectivity index is 1.60. The molecule has 1 aromatic carbocycles. The van der Waals surface area contributed by atoms with E-state index in [1.807, 2.05) is 31.2 Å². The van der Waals surface area contributed by atoms with Crippen molar-refractivity contribution in [2.24, 2.45) is 0 Å². The van der Waals surface area contributed by atoms with E-state index in [2.05, 4.69) is 31.4 Å². The molecule has 1 amide bonds. The molecular formula is C15H12BrN3O3S. The molecule has 3 rings (SSSR count). The minimum absolute atomic E-state index is 0.200. The number of halogens is 1. The Kier molecular flexibility index (Phi) is 4.73. The highest BCUT2D eigenvalue weighted by Crippen LogP contribution is 2.20. The predicted molar refractivity (Wildman–Crippen MR) is 89.8 cm³/mol. The van der Waals surface area contributed by atoms with Gasteiger partial charge in [-0.1, -0.05) is 33.3 Å². The quantitative estimate of drug-likeness (QED) is 0.707. The summed E-state index contributed by atoms with van der Waals surface area (Å²) in [6.07, 6.45) is 0. The summed E-state index contributed by atoms with van der Waals surface area (Å²) in [4.78, 5) is 12.0. The normalized spacial score (nSPS) is 10.5. The molecular weight excluding hydrogens is 382 g/mol. The average Bonchev–Trinajstić information content (AvgIpc) is 3.14. The number of rotatable bonds is 5. The number of amides is 1. The van der Waals surface area contributed by atoms with E-state index >= 15 is 0 Å². The minimum atomic E-state index is -0.366. The van der Waals surface area contributed by atoms with Crippen molar-refractivity contribution >= 4 is 38.3 Å². The lowest BCUT2D eigenvalue weighted by atomic mass is 10.3. The summed E-state index contributed by atoms with van der Waals surface area (Å²) in [6, 6.07) is 10.8. The summed E-state index contributed by atoms with van der Waals surface area (Å²) in [5.74, 6) is 1.11. The molecule has 0 spiro atoms. The highest BCUT2D eigenvalue weighted by Gasteiger charge is 2.13. The van der Waals surface area contributed by atoms with Crippen LogP contribution in [0.3, 0.4) is 0 Å². The van der Waals surface area contributed by atoms with Crippen LogP contribution in [0.15, 0.2) is 45.3 Å². The Bertz CT molecular complexity index is 831.